The zero-order valence-corrected chi connectivity index (χ0v) is 10.4. The van der Waals surface area contributed by atoms with Gasteiger partial charge in [0.05, 0.1) is 12.0 Å². The summed E-state index contributed by atoms with van der Waals surface area (Å²) in [7, 11) is 0. The van der Waals surface area contributed by atoms with E-state index in [4.69, 9.17) is 5.11 Å². The van der Waals surface area contributed by atoms with Crippen molar-refractivity contribution in [2.45, 2.75) is 19.5 Å². The van der Waals surface area contributed by atoms with E-state index in [0.717, 1.165) is 6.07 Å². The molecule has 0 atom stereocenters. The molecule has 2 nitrogen and oxygen atoms in total. The smallest absolute Gasteiger partial charge is 0.416 e. The highest BCUT2D eigenvalue weighted by molar-refractivity contribution is 14.1. The zero-order chi connectivity index (χ0) is 12.5. The molecule has 16 heavy (non-hydrogen) atoms. The van der Waals surface area contributed by atoms with Gasteiger partial charge in [-0.2, -0.15) is 13.2 Å². The van der Waals surface area contributed by atoms with E-state index in [0.29, 0.717) is 3.57 Å². The van der Waals surface area contributed by atoms with Crippen LogP contribution in [0.25, 0.3) is 0 Å². The Kier molecular flexibility index (Phi) is 3.82. The van der Waals surface area contributed by atoms with E-state index < -0.39 is 24.1 Å². The van der Waals surface area contributed by atoms with Gasteiger partial charge in [-0.15, -0.1) is 0 Å². The van der Waals surface area contributed by atoms with E-state index in [1.807, 2.05) is 0 Å². The van der Waals surface area contributed by atoms with Crippen LogP contribution in [-0.4, -0.2) is 11.1 Å². The lowest BCUT2D eigenvalue weighted by molar-refractivity contribution is -0.139. The number of hydrogen-bond donors (Lipinski definition) is 1. The summed E-state index contributed by atoms with van der Waals surface area (Å²) >= 11 is 1.74. The second-order valence-corrected chi connectivity index (χ2v) is 4.55. The first-order valence-electron chi connectivity index (χ1n) is 4.30. The zero-order valence-electron chi connectivity index (χ0n) is 8.23. The second-order valence-electron chi connectivity index (χ2n) is 3.31. The Labute approximate surface area is 104 Å². The maximum Gasteiger partial charge on any atom is 0.416 e. The molecule has 0 bridgehead atoms. The van der Waals surface area contributed by atoms with E-state index >= 15 is 0 Å². The predicted molar refractivity (Wildman–Crippen MR) is 60.2 cm³/mol. The molecular formula is C10H8F3IO2. The van der Waals surface area contributed by atoms with Gasteiger partial charge in [0.25, 0.3) is 0 Å². The van der Waals surface area contributed by atoms with Gasteiger partial charge in [0, 0.05) is 3.57 Å². The first-order chi connectivity index (χ1) is 7.21. The third-order valence-corrected chi connectivity index (χ3v) is 2.75. The number of halogens is 4. The van der Waals surface area contributed by atoms with Gasteiger partial charge in [-0.25, -0.2) is 0 Å². The van der Waals surface area contributed by atoms with Gasteiger partial charge in [-0.05, 0) is 52.8 Å². The summed E-state index contributed by atoms with van der Waals surface area (Å²) in [5.74, 6) is -1.14. The summed E-state index contributed by atoms with van der Waals surface area (Å²) in [4.78, 5) is 10.5. The molecule has 1 rings (SSSR count). The SMILES string of the molecule is Cc1c(CC(=O)O)cc(I)cc1C(F)(F)F. The van der Waals surface area contributed by atoms with E-state index in [-0.39, 0.29) is 11.1 Å². The predicted octanol–water partition coefficient (Wildman–Crippen LogP) is 3.25. The molecule has 0 saturated carbocycles. The molecule has 1 N–H and O–H groups in total. The first-order valence-corrected chi connectivity index (χ1v) is 5.37. The number of carboxylic acid groups (broad SMARTS) is 1. The fourth-order valence-electron chi connectivity index (χ4n) is 1.38. The van der Waals surface area contributed by atoms with Crippen molar-refractivity contribution in [1.29, 1.82) is 0 Å². The Bertz CT molecular complexity index is 427. The Morgan fingerprint density at radius 3 is 2.44 bits per heavy atom. The van der Waals surface area contributed by atoms with Crippen molar-refractivity contribution in [3.63, 3.8) is 0 Å². The van der Waals surface area contributed by atoms with Gasteiger partial charge in [-0.3, -0.25) is 4.79 Å². The van der Waals surface area contributed by atoms with Crippen LogP contribution in [0.5, 0.6) is 0 Å². The van der Waals surface area contributed by atoms with Crippen LogP contribution >= 0.6 is 22.6 Å². The monoisotopic (exact) mass is 344 g/mol. The van der Waals surface area contributed by atoms with Crippen LogP contribution in [0.3, 0.4) is 0 Å². The van der Waals surface area contributed by atoms with Crippen molar-refractivity contribution in [2.75, 3.05) is 0 Å². The average Bonchev–Trinajstić information content (AvgIpc) is 2.07. The van der Waals surface area contributed by atoms with Crippen LogP contribution in [0, 0.1) is 10.5 Å². The van der Waals surface area contributed by atoms with Gasteiger partial charge in [-0.1, -0.05) is 0 Å². The molecule has 0 aromatic heterocycles. The highest BCUT2D eigenvalue weighted by Gasteiger charge is 2.33. The fraction of sp³-hybridized carbons (Fsp3) is 0.300. The third kappa shape index (κ3) is 3.10. The molecule has 88 valence electrons. The maximum absolute atomic E-state index is 12.6. The highest BCUT2D eigenvalue weighted by atomic mass is 127. The van der Waals surface area contributed by atoms with E-state index in [2.05, 4.69) is 0 Å². The normalized spacial score (nSPS) is 11.6. The van der Waals surface area contributed by atoms with Crippen molar-refractivity contribution < 1.29 is 23.1 Å². The Morgan fingerprint density at radius 2 is 2.00 bits per heavy atom. The second kappa shape index (κ2) is 4.60. The van der Waals surface area contributed by atoms with Gasteiger partial charge in [0.2, 0.25) is 0 Å². The van der Waals surface area contributed by atoms with Crippen molar-refractivity contribution >= 4 is 28.6 Å². The van der Waals surface area contributed by atoms with Crippen molar-refractivity contribution in [3.8, 4) is 0 Å². The Balaban J connectivity index is 3.32. The molecule has 0 spiro atoms. The summed E-state index contributed by atoms with van der Waals surface area (Å²) in [6.45, 7) is 1.29. The molecule has 6 heteroatoms. The molecule has 0 radical (unpaired) electrons. The lowest BCUT2D eigenvalue weighted by Crippen LogP contribution is -2.12. The lowest BCUT2D eigenvalue weighted by atomic mass is 10.00. The number of aliphatic carboxylic acids is 1. The van der Waals surface area contributed by atoms with Crippen LogP contribution in [0.1, 0.15) is 16.7 Å². The van der Waals surface area contributed by atoms with E-state index in [1.165, 1.54) is 13.0 Å². The summed E-state index contributed by atoms with van der Waals surface area (Å²) in [6, 6.07) is 2.47. The highest BCUT2D eigenvalue weighted by Crippen LogP contribution is 2.34. The minimum atomic E-state index is -4.45. The summed E-state index contributed by atoms with van der Waals surface area (Å²) in [6.07, 6.45) is -4.84. The van der Waals surface area contributed by atoms with Gasteiger partial charge < -0.3 is 5.11 Å². The van der Waals surface area contributed by atoms with Gasteiger partial charge >= 0.3 is 12.1 Å². The lowest BCUT2D eigenvalue weighted by Gasteiger charge is -2.14. The summed E-state index contributed by atoms with van der Waals surface area (Å²) in [5, 5.41) is 8.59. The topological polar surface area (TPSA) is 37.3 Å². The van der Waals surface area contributed by atoms with Crippen LogP contribution in [-0.2, 0) is 17.4 Å². The van der Waals surface area contributed by atoms with Gasteiger partial charge in [0.1, 0.15) is 0 Å². The molecule has 0 unspecified atom stereocenters. The van der Waals surface area contributed by atoms with Crippen molar-refractivity contribution in [1.82, 2.24) is 0 Å². The number of alkyl halides is 3. The molecule has 0 aliphatic carbocycles. The molecule has 0 aliphatic rings. The molecular weight excluding hydrogens is 336 g/mol. The molecule has 0 saturated heterocycles. The number of rotatable bonds is 2. The molecule has 1 aromatic carbocycles. The number of hydrogen-bond acceptors (Lipinski definition) is 1. The number of carbonyl (C=O) groups is 1. The third-order valence-electron chi connectivity index (χ3n) is 2.13. The first kappa shape index (κ1) is 13.3. The van der Waals surface area contributed by atoms with E-state index in [1.54, 1.807) is 22.6 Å². The summed E-state index contributed by atoms with van der Waals surface area (Å²) in [5.41, 5.74) is -0.585. The average molecular weight is 344 g/mol. The number of benzene rings is 1. The fourth-order valence-corrected chi connectivity index (χ4v) is 2.06. The van der Waals surface area contributed by atoms with Crippen molar-refractivity contribution in [2.24, 2.45) is 0 Å². The molecule has 1 aromatic rings. The van der Waals surface area contributed by atoms with Crippen LogP contribution in [0.4, 0.5) is 13.2 Å². The summed E-state index contributed by atoms with van der Waals surface area (Å²) < 4.78 is 38.2. The minimum Gasteiger partial charge on any atom is -0.481 e. The van der Waals surface area contributed by atoms with Crippen molar-refractivity contribution in [3.05, 3.63) is 32.4 Å². The number of carboxylic acids is 1. The maximum atomic E-state index is 12.6. The van der Waals surface area contributed by atoms with Crippen LogP contribution < -0.4 is 0 Å². The largest absolute Gasteiger partial charge is 0.481 e. The molecule has 0 fully saturated rings. The van der Waals surface area contributed by atoms with Crippen LogP contribution in [0.2, 0.25) is 0 Å². The Hall–Kier alpha value is -0.790. The molecule has 0 amide bonds. The Morgan fingerprint density at radius 1 is 1.44 bits per heavy atom. The quantitative estimate of drug-likeness (QED) is 0.837. The van der Waals surface area contributed by atoms with E-state index in [9.17, 15) is 18.0 Å². The minimum absolute atomic E-state index is 0.0182. The van der Waals surface area contributed by atoms with Crippen LogP contribution in [0.15, 0.2) is 12.1 Å². The van der Waals surface area contributed by atoms with Gasteiger partial charge in [0.15, 0.2) is 0 Å². The molecule has 0 heterocycles. The molecule has 0 aliphatic heterocycles. The standard InChI is InChI=1S/C10H8F3IO2/c1-5-6(3-9(15)16)2-7(14)4-8(5)10(11,12)13/h2,4H,3H2,1H3,(H,15,16).